The quantitative estimate of drug-likeness (QED) is 0.513. The number of amides is 2. The summed E-state index contributed by atoms with van der Waals surface area (Å²) in [6.45, 7) is 4.13. The van der Waals surface area contributed by atoms with E-state index in [1.165, 1.54) is 20.8 Å². The van der Waals surface area contributed by atoms with E-state index in [-0.39, 0.29) is 12.5 Å². The van der Waals surface area contributed by atoms with Gasteiger partial charge in [-0.25, -0.2) is 9.59 Å². The second-order valence-corrected chi connectivity index (χ2v) is 9.17. The van der Waals surface area contributed by atoms with Crippen LogP contribution in [0.3, 0.4) is 0 Å². The molecule has 0 heterocycles. The van der Waals surface area contributed by atoms with Crippen LogP contribution in [0.2, 0.25) is 0 Å². The minimum Gasteiger partial charge on any atom is -0.467 e. The van der Waals surface area contributed by atoms with Gasteiger partial charge in [0.2, 0.25) is 11.4 Å². The Balaban J connectivity index is 1.68. The van der Waals surface area contributed by atoms with Gasteiger partial charge < -0.3 is 20.1 Å². The Kier molecular flexibility index (Phi) is 7.96. The van der Waals surface area contributed by atoms with Gasteiger partial charge in [0, 0.05) is 5.92 Å². The van der Waals surface area contributed by atoms with Crippen molar-refractivity contribution < 1.29 is 37.0 Å². The lowest BCUT2D eigenvalue weighted by Crippen LogP contribution is -2.67. The predicted octanol–water partition coefficient (Wildman–Crippen LogP) is 4.55. The molecular formula is C26H29F3N2O5. The number of halogens is 3. The number of rotatable bonds is 8. The molecule has 1 aliphatic carbocycles. The van der Waals surface area contributed by atoms with Crippen molar-refractivity contribution in [1.82, 2.24) is 10.6 Å². The Morgan fingerprint density at radius 2 is 1.47 bits per heavy atom. The van der Waals surface area contributed by atoms with Gasteiger partial charge in [-0.3, -0.25) is 4.79 Å². The van der Waals surface area contributed by atoms with Gasteiger partial charge in [0.25, 0.3) is 0 Å². The molecule has 0 radical (unpaired) electrons. The maximum atomic E-state index is 14.0. The molecule has 0 aliphatic heterocycles. The maximum absolute atomic E-state index is 14.0. The molecule has 2 atom stereocenters. The van der Waals surface area contributed by atoms with Crippen molar-refractivity contribution >= 4 is 18.0 Å². The summed E-state index contributed by atoms with van der Waals surface area (Å²) in [6, 6.07) is 14.0. The van der Waals surface area contributed by atoms with E-state index in [2.05, 4.69) is 10.1 Å². The van der Waals surface area contributed by atoms with Crippen LogP contribution >= 0.6 is 0 Å². The third-order valence-electron chi connectivity index (χ3n) is 6.14. The zero-order chi connectivity index (χ0) is 26.7. The first kappa shape index (κ1) is 27.0. The summed E-state index contributed by atoms with van der Waals surface area (Å²) in [7, 11) is 0.813. The number of ether oxygens (including phenoxy) is 2. The second kappa shape index (κ2) is 10.6. The summed E-state index contributed by atoms with van der Waals surface area (Å²) in [5.41, 5.74) is 0.792. The molecule has 1 aliphatic rings. The van der Waals surface area contributed by atoms with Crippen molar-refractivity contribution in [3.63, 3.8) is 0 Å². The zero-order valence-electron chi connectivity index (χ0n) is 20.4. The van der Waals surface area contributed by atoms with Crippen LogP contribution in [0.15, 0.2) is 48.5 Å². The van der Waals surface area contributed by atoms with E-state index in [1.807, 2.05) is 48.5 Å². The second-order valence-electron chi connectivity index (χ2n) is 9.17. The lowest BCUT2D eigenvalue weighted by Gasteiger charge is -2.35. The summed E-state index contributed by atoms with van der Waals surface area (Å²) in [4.78, 5) is 37.3. The summed E-state index contributed by atoms with van der Waals surface area (Å²) < 4.78 is 51.6. The van der Waals surface area contributed by atoms with Crippen molar-refractivity contribution in [1.29, 1.82) is 0 Å². The number of esters is 1. The Bertz CT molecular complexity index is 1090. The van der Waals surface area contributed by atoms with Crippen LogP contribution in [0.4, 0.5) is 18.0 Å². The van der Waals surface area contributed by atoms with Gasteiger partial charge in [-0.1, -0.05) is 62.4 Å². The fourth-order valence-corrected chi connectivity index (χ4v) is 4.48. The Labute approximate surface area is 207 Å². The number of carbonyl (C=O) groups is 3. The van der Waals surface area contributed by atoms with E-state index in [9.17, 15) is 27.6 Å². The number of benzene rings is 2. The highest BCUT2D eigenvalue weighted by Crippen LogP contribution is 2.44. The summed E-state index contributed by atoms with van der Waals surface area (Å²) in [5.74, 6) is -3.66. The van der Waals surface area contributed by atoms with Crippen molar-refractivity contribution in [3.8, 4) is 11.1 Å². The normalized spacial score (nSPS) is 15.3. The largest absolute Gasteiger partial charge is 0.467 e. The molecule has 194 valence electrons. The van der Waals surface area contributed by atoms with Crippen LogP contribution in [0.5, 0.6) is 0 Å². The topological polar surface area (TPSA) is 93.7 Å². The highest BCUT2D eigenvalue weighted by atomic mass is 19.4. The standard InChI is InChI=1S/C26H29F3N2O5/c1-15(2)13-25(23(33)35-4,26(27,28)29)31-22(32)16(3)30-24(34)36-14-21-19-11-7-5-9-17(19)18-10-6-8-12-20(18)21/h5-12,15-16,21H,13-14H2,1-4H3,(H,30,34)(H,31,32)/t16-,25+/m0/s1. The van der Waals surface area contributed by atoms with Crippen LogP contribution in [-0.4, -0.2) is 49.4 Å². The molecule has 0 saturated carbocycles. The first-order valence-corrected chi connectivity index (χ1v) is 11.5. The Morgan fingerprint density at radius 1 is 0.944 bits per heavy atom. The van der Waals surface area contributed by atoms with Crippen LogP contribution in [0.25, 0.3) is 11.1 Å². The minimum atomic E-state index is -5.12. The third kappa shape index (κ3) is 5.32. The predicted molar refractivity (Wildman–Crippen MR) is 126 cm³/mol. The lowest BCUT2D eigenvalue weighted by atomic mass is 9.87. The monoisotopic (exact) mass is 506 g/mol. The average molecular weight is 507 g/mol. The molecule has 0 saturated heterocycles. The summed E-state index contributed by atoms with van der Waals surface area (Å²) in [6.07, 6.45) is -6.82. The first-order chi connectivity index (χ1) is 16.9. The molecule has 2 aromatic rings. The number of nitrogens with one attached hydrogen (secondary N) is 2. The third-order valence-corrected chi connectivity index (χ3v) is 6.14. The van der Waals surface area contributed by atoms with Crippen LogP contribution in [0, 0.1) is 5.92 Å². The van der Waals surface area contributed by atoms with Crippen LogP contribution in [-0.2, 0) is 19.1 Å². The molecule has 3 rings (SSSR count). The van der Waals surface area contributed by atoms with Gasteiger partial charge in [0.05, 0.1) is 7.11 Å². The number of alkyl carbamates (subject to hydrolysis) is 1. The highest BCUT2D eigenvalue weighted by Gasteiger charge is 2.62. The fraction of sp³-hybridized carbons (Fsp3) is 0.423. The van der Waals surface area contributed by atoms with E-state index in [4.69, 9.17) is 4.74 Å². The first-order valence-electron chi connectivity index (χ1n) is 11.5. The SMILES string of the molecule is COC(=O)[C@@](CC(C)C)(NC(=O)[C@H](C)NC(=O)OCC1c2ccccc2-c2ccccc21)C(F)(F)F. The van der Waals surface area contributed by atoms with Crippen molar-refractivity contribution in [2.45, 2.75) is 50.9 Å². The molecule has 0 spiro atoms. The van der Waals surface area contributed by atoms with Gasteiger partial charge in [-0.2, -0.15) is 13.2 Å². The minimum absolute atomic E-state index is 0.0315. The number of carbonyl (C=O) groups excluding carboxylic acids is 3. The Morgan fingerprint density at radius 3 is 1.94 bits per heavy atom. The zero-order valence-corrected chi connectivity index (χ0v) is 20.4. The van der Waals surface area contributed by atoms with E-state index < -0.39 is 48.1 Å². The van der Waals surface area contributed by atoms with E-state index in [0.29, 0.717) is 0 Å². The molecule has 2 amide bonds. The van der Waals surface area contributed by atoms with Gasteiger partial charge in [0.1, 0.15) is 12.6 Å². The van der Waals surface area contributed by atoms with Crippen LogP contribution < -0.4 is 10.6 Å². The number of alkyl halides is 3. The molecule has 0 aromatic heterocycles. The van der Waals surface area contributed by atoms with E-state index in [1.54, 1.807) is 5.32 Å². The van der Waals surface area contributed by atoms with Gasteiger partial charge >= 0.3 is 18.2 Å². The highest BCUT2D eigenvalue weighted by molar-refractivity contribution is 5.92. The van der Waals surface area contributed by atoms with Crippen molar-refractivity contribution in [3.05, 3.63) is 59.7 Å². The number of hydrogen-bond donors (Lipinski definition) is 2. The van der Waals surface area contributed by atoms with Gasteiger partial charge in [-0.15, -0.1) is 0 Å². The molecule has 2 N–H and O–H groups in total. The summed E-state index contributed by atoms with van der Waals surface area (Å²) in [5, 5.41) is 4.02. The molecule has 10 heteroatoms. The molecule has 2 aromatic carbocycles. The van der Waals surface area contributed by atoms with Crippen molar-refractivity contribution in [2.24, 2.45) is 5.92 Å². The fourth-order valence-electron chi connectivity index (χ4n) is 4.48. The molecule has 7 nitrogen and oxygen atoms in total. The molecular weight excluding hydrogens is 477 g/mol. The number of methoxy groups -OCH3 is 1. The van der Waals surface area contributed by atoms with E-state index in [0.717, 1.165) is 29.4 Å². The average Bonchev–Trinajstić information content (AvgIpc) is 3.14. The van der Waals surface area contributed by atoms with Gasteiger partial charge in [-0.05, 0) is 41.5 Å². The maximum Gasteiger partial charge on any atom is 0.422 e. The Hall–Kier alpha value is -3.56. The molecule has 0 bridgehead atoms. The smallest absolute Gasteiger partial charge is 0.422 e. The summed E-state index contributed by atoms with van der Waals surface area (Å²) >= 11 is 0. The molecule has 0 fully saturated rings. The van der Waals surface area contributed by atoms with Crippen molar-refractivity contribution in [2.75, 3.05) is 13.7 Å². The molecule has 0 unspecified atom stereocenters. The van der Waals surface area contributed by atoms with Gasteiger partial charge in [0.15, 0.2) is 0 Å². The lowest BCUT2D eigenvalue weighted by molar-refractivity contribution is -0.216. The number of hydrogen-bond acceptors (Lipinski definition) is 5. The molecule has 36 heavy (non-hydrogen) atoms. The van der Waals surface area contributed by atoms with E-state index >= 15 is 0 Å². The number of fused-ring (bicyclic) bond motifs is 3. The van der Waals surface area contributed by atoms with Crippen LogP contribution in [0.1, 0.15) is 44.2 Å².